The fourth-order valence-electron chi connectivity index (χ4n) is 8.61. The molecule has 10 rings (SSSR count). The van der Waals surface area contributed by atoms with E-state index in [1.54, 1.807) is 0 Å². The summed E-state index contributed by atoms with van der Waals surface area (Å²) in [4.78, 5) is 0. The molecule has 0 saturated carbocycles. The van der Waals surface area contributed by atoms with Gasteiger partial charge in [0.15, 0.2) is 0 Å². The molecule has 2 heterocycles. The van der Waals surface area contributed by atoms with E-state index in [4.69, 9.17) is 8.83 Å². The Morgan fingerprint density at radius 3 is 1.52 bits per heavy atom. The van der Waals surface area contributed by atoms with Crippen molar-refractivity contribution in [1.82, 2.24) is 20.4 Å². The lowest BCUT2D eigenvalue weighted by atomic mass is 9.66. The van der Waals surface area contributed by atoms with Gasteiger partial charge in [-0.1, -0.05) is 112 Å². The van der Waals surface area contributed by atoms with Crippen molar-refractivity contribution in [3.63, 3.8) is 0 Å². The molecule has 2 aromatic heterocycles. The normalized spacial score (nSPS) is 15.1. The van der Waals surface area contributed by atoms with Crippen molar-refractivity contribution in [2.45, 2.75) is 44.9 Å². The van der Waals surface area contributed by atoms with Gasteiger partial charge in [0.1, 0.15) is 0 Å². The maximum Gasteiger partial charge on any atom is 0.248 e. The van der Waals surface area contributed by atoms with E-state index in [1.165, 1.54) is 50.1 Å². The predicted octanol–water partition coefficient (Wildman–Crippen LogP) is 11.3. The molecule has 8 aromatic rings. The Balaban J connectivity index is 1.13. The maximum absolute atomic E-state index is 6.18. The summed E-state index contributed by atoms with van der Waals surface area (Å²) in [5.41, 5.74) is 14.8. The van der Waals surface area contributed by atoms with Gasteiger partial charge in [0.05, 0.1) is 5.41 Å². The monoisotopic (exact) mass is 702 g/mol. The first-order valence-corrected chi connectivity index (χ1v) is 18.8. The number of rotatable bonds is 8. The topological polar surface area (TPSA) is 77.8 Å². The first-order valence-electron chi connectivity index (χ1n) is 18.8. The summed E-state index contributed by atoms with van der Waals surface area (Å²) >= 11 is 0. The minimum Gasteiger partial charge on any atom is -0.416 e. The van der Waals surface area contributed by atoms with Gasteiger partial charge in [0.25, 0.3) is 0 Å². The second-order valence-corrected chi connectivity index (χ2v) is 15.1. The lowest BCUT2D eigenvalue weighted by molar-refractivity contribution is 0.584. The third kappa shape index (κ3) is 5.16. The highest BCUT2D eigenvalue weighted by Gasteiger charge is 2.47. The number of hydrogen-bond acceptors (Lipinski definition) is 6. The highest BCUT2D eigenvalue weighted by atomic mass is 16.4. The van der Waals surface area contributed by atoms with Crippen molar-refractivity contribution in [3.05, 3.63) is 178 Å². The third-order valence-corrected chi connectivity index (χ3v) is 11.2. The van der Waals surface area contributed by atoms with E-state index >= 15 is 0 Å². The highest BCUT2D eigenvalue weighted by molar-refractivity contribution is 5.88. The summed E-state index contributed by atoms with van der Waals surface area (Å²) in [7, 11) is 0. The molecular weight excluding hydrogens is 665 g/mol. The lowest BCUT2D eigenvalue weighted by Gasteiger charge is -2.36. The fraction of sp³-hybridized carbons (Fsp3) is 0.167. The molecule has 0 N–H and O–H groups in total. The predicted molar refractivity (Wildman–Crippen MR) is 212 cm³/mol. The molecule has 0 radical (unpaired) electrons. The summed E-state index contributed by atoms with van der Waals surface area (Å²) in [6.07, 6.45) is 2.15. The van der Waals surface area contributed by atoms with Crippen molar-refractivity contribution in [1.29, 1.82) is 0 Å². The third-order valence-electron chi connectivity index (χ3n) is 11.2. The number of hydrogen-bond donors (Lipinski definition) is 0. The van der Waals surface area contributed by atoms with E-state index in [2.05, 4.69) is 120 Å². The van der Waals surface area contributed by atoms with E-state index in [-0.39, 0.29) is 0 Å². The number of nitrogens with zero attached hydrogens (tertiary/aromatic N) is 4. The summed E-state index contributed by atoms with van der Waals surface area (Å²) in [5.74, 6) is 3.09. The van der Waals surface area contributed by atoms with E-state index in [9.17, 15) is 0 Å². The minimum atomic E-state index is -0.573. The van der Waals surface area contributed by atoms with Crippen LogP contribution in [0.1, 0.15) is 65.6 Å². The van der Waals surface area contributed by atoms with Crippen LogP contribution in [0.2, 0.25) is 0 Å². The molecule has 262 valence electrons. The maximum atomic E-state index is 6.18. The molecule has 1 atom stereocenters. The van der Waals surface area contributed by atoms with Gasteiger partial charge in [0, 0.05) is 22.3 Å². The summed E-state index contributed by atoms with van der Waals surface area (Å²) in [6, 6.07) is 49.3. The summed E-state index contributed by atoms with van der Waals surface area (Å²) in [5, 5.41) is 17.6. The second-order valence-electron chi connectivity index (χ2n) is 15.1. The van der Waals surface area contributed by atoms with Crippen LogP contribution in [0.3, 0.4) is 0 Å². The smallest absolute Gasteiger partial charge is 0.248 e. The van der Waals surface area contributed by atoms with Gasteiger partial charge in [-0.2, -0.15) is 0 Å². The van der Waals surface area contributed by atoms with Crippen LogP contribution in [0.5, 0.6) is 0 Å². The van der Waals surface area contributed by atoms with Gasteiger partial charge in [-0.25, -0.2) is 0 Å². The standard InChI is InChI=1S/C48H38N4O2/c1-29(2)24-31-14-23-42-40(26-31)41-27-36-25-30(3)39(36)28-43(41)48(42,37-19-15-34(16-20-37)46-51-49-44(53-46)32-10-6-4-7-11-32)38-21-17-35(18-22-38)47-52-50-45(54-47)33-12-8-5-9-13-33/h4-23,26-30H,24-25H2,1-3H3. The van der Waals surface area contributed by atoms with Crippen LogP contribution in [0.25, 0.3) is 56.9 Å². The molecule has 6 nitrogen and oxygen atoms in total. The Kier molecular flexibility index (Phi) is 7.55. The lowest BCUT2D eigenvalue weighted by Crippen LogP contribution is -2.29. The van der Waals surface area contributed by atoms with Crippen molar-refractivity contribution >= 4 is 0 Å². The molecule has 6 aromatic carbocycles. The van der Waals surface area contributed by atoms with E-state index < -0.39 is 5.41 Å². The van der Waals surface area contributed by atoms with Gasteiger partial charge < -0.3 is 8.83 Å². The zero-order chi connectivity index (χ0) is 36.4. The molecule has 2 aliphatic carbocycles. The molecule has 0 amide bonds. The van der Waals surface area contributed by atoms with Crippen molar-refractivity contribution in [2.24, 2.45) is 5.92 Å². The van der Waals surface area contributed by atoms with Crippen molar-refractivity contribution < 1.29 is 8.83 Å². The van der Waals surface area contributed by atoms with Gasteiger partial charge in [-0.05, 0) is 123 Å². The minimum absolute atomic E-state index is 0.494. The Hall–Kier alpha value is -6.40. The van der Waals surface area contributed by atoms with E-state index in [0.29, 0.717) is 35.4 Å². The van der Waals surface area contributed by atoms with E-state index in [1.807, 2.05) is 60.7 Å². The average Bonchev–Trinajstić information content (AvgIpc) is 3.96. The second kappa shape index (κ2) is 12.6. The van der Waals surface area contributed by atoms with Gasteiger partial charge in [0.2, 0.25) is 23.6 Å². The van der Waals surface area contributed by atoms with Crippen LogP contribution in [-0.4, -0.2) is 20.4 Å². The van der Waals surface area contributed by atoms with Crippen LogP contribution in [-0.2, 0) is 18.3 Å². The van der Waals surface area contributed by atoms with Crippen molar-refractivity contribution in [2.75, 3.05) is 0 Å². The molecular formula is C48H38N4O2. The molecule has 6 heteroatoms. The molecule has 0 aliphatic heterocycles. The van der Waals surface area contributed by atoms with Gasteiger partial charge in [-0.3, -0.25) is 0 Å². The first kappa shape index (κ1) is 32.3. The Bertz CT molecular complexity index is 2520. The van der Waals surface area contributed by atoms with Crippen LogP contribution in [0.15, 0.2) is 148 Å². The number of fused-ring (bicyclic) bond motifs is 4. The van der Waals surface area contributed by atoms with Gasteiger partial charge in [-0.15, -0.1) is 20.4 Å². The zero-order valence-electron chi connectivity index (χ0n) is 30.5. The molecule has 0 bridgehead atoms. The Morgan fingerprint density at radius 2 is 1.04 bits per heavy atom. The highest BCUT2D eigenvalue weighted by Crippen LogP contribution is 2.58. The quantitative estimate of drug-likeness (QED) is 0.157. The Morgan fingerprint density at radius 1 is 0.556 bits per heavy atom. The molecule has 0 spiro atoms. The number of aromatic nitrogens is 4. The number of benzene rings is 6. The van der Waals surface area contributed by atoms with E-state index in [0.717, 1.165) is 35.1 Å². The van der Waals surface area contributed by atoms with Crippen LogP contribution in [0.4, 0.5) is 0 Å². The zero-order valence-corrected chi connectivity index (χ0v) is 30.5. The molecule has 54 heavy (non-hydrogen) atoms. The van der Waals surface area contributed by atoms with Gasteiger partial charge >= 0.3 is 0 Å². The molecule has 0 saturated heterocycles. The average molecular weight is 703 g/mol. The van der Waals surface area contributed by atoms with Crippen LogP contribution in [0, 0.1) is 5.92 Å². The summed E-state index contributed by atoms with van der Waals surface area (Å²) in [6.45, 7) is 6.92. The van der Waals surface area contributed by atoms with Crippen LogP contribution < -0.4 is 0 Å². The summed E-state index contributed by atoms with van der Waals surface area (Å²) < 4.78 is 12.4. The molecule has 0 fully saturated rings. The SMILES string of the molecule is CC(C)Cc1ccc2c(c1)-c1cc3c(cc1C2(c1ccc(-c2nnc(-c4ccccc4)o2)cc1)c1ccc(-c2nnc(-c4ccccc4)o2)cc1)C(C)C3. The fourth-order valence-corrected chi connectivity index (χ4v) is 8.61. The largest absolute Gasteiger partial charge is 0.416 e. The van der Waals surface area contributed by atoms with Crippen molar-refractivity contribution in [3.8, 4) is 56.9 Å². The van der Waals surface area contributed by atoms with Crippen LogP contribution >= 0.6 is 0 Å². The molecule has 1 unspecified atom stereocenters. The first-order chi connectivity index (χ1) is 26.5. The Labute approximate surface area is 314 Å². The molecule has 2 aliphatic rings.